The normalized spacial score (nSPS) is 19.6. The highest BCUT2D eigenvalue weighted by atomic mass is 79.9. The molecule has 1 aliphatic rings. The van der Waals surface area contributed by atoms with Gasteiger partial charge >= 0.3 is 0 Å². The molecule has 4 nitrogen and oxygen atoms in total. The van der Waals surface area contributed by atoms with Gasteiger partial charge in [0.05, 0.1) is 24.3 Å². The van der Waals surface area contributed by atoms with Crippen molar-refractivity contribution in [2.24, 2.45) is 0 Å². The molecule has 1 aliphatic heterocycles. The zero-order valence-electron chi connectivity index (χ0n) is 9.37. The molecule has 1 aromatic carbocycles. The van der Waals surface area contributed by atoms with Gasteiger partial charge in [-0.25, -0.2) is 0 Å². The summed E-state index contributed by atoms with van der Waals surface area (Å²) in [5, 5.41) is 15.4. The van der Waals surface area contributed by atoms with Crippen LogP contribution in [-0.2, 0) is 4.74 Å². The van der Waals surface area contributed by atoms with Gasteiger partial charge in [0.15, 0.2) is 0 Å². The van der Waals surface area contributed by atoms with Crippen molar-refractivity contribution in [2.45, 2.75) is 6.10 Å². The third kappa shape index (κ3) is 3.43. The van der Waals surface area contributed by atoms with Gasteiger partial charge in [-0.15, -0.1) is 0 Å². The highest BCUT2D eigenvalue weighted by Gasteiger charge is 2.13. The second-order valence-corrected chi connectivity index (χ2v) is 4.74. The summed E-state index contributed by atoms with van der Waals surface area (Å²) < 4.78 is 6.49. The Balaban J connectivity index is 1.92. The van der Waals surface area contributed by atoms with Crippen LogP contribution >= 0.6 is 15.9 Å². The van der Waals surface area contributed by atoms with Gasteiger partial charge in [-0.3, -0.25) is 0 Å². The van der Waals surface area contributed by atoms with E-state index in [0.717, 1.165) is 36.4 Å². The summed E-state index contributed by atoms with van der Waals surface area (Å²) in [5.74, 6) is 0. The third-order valence-corrected chi connectivity index (χ3v) is 3.28. The zero-order chi connectivity index (χ0) is 12.1. The molecule has 0 aromatic heterocycles. The first kappa shape index (κ1) is 12.4. The van der Waals surface area contributed by atoms with E-state index >= 15 is 0 Å². The van der Waals surface area contributed by atoms with Crippen LogP contribution in [0.4, 0.5) is 5.69 Å². The van der Waals surface area contributed by atoms with Crippen LogP contribution < -0.4 is 10.6 Å². The van der Waals surface area contributed by atoms with Gasteiger partial charge in [0.25, 0.3) is 0 Å². The molecule has 0 amide bonds. The Hall–Kier alpha value is -1.09. The molecule has 1 atom stereocenters. The van der Waals surface area contributed by atoms with E-state index in [1.54, 1.807) is 6.07 Å². The highest BCUT2D eigenvalue weighted by Crippen LogP contribution is 2.23. The second kappa shape index (κ2) is 6.01. The predicted molar refractivity (Wildman–Crippen MR) is 70.0 cm³/mol. The molecule has 0 bridgehead atoms. The Morgan fingerprint density at radius 3 is 3.12 bits per heavy atom. The Morgan fingerprint density at radius 2 is 2.47 bits per heavy atom. The average molecular weight is 296 g/mol. The summed E-state index contributed by atoms with van der Waals surface area (Å²) in [5.41, 5.74) is 1.64. The molecule has 1 heterocycles. The molecular weight excluding hydrogens is 282 g/mol. The molecule has 1 saturated heterocycles. The van der Waals surface area contributed by atoms with Crippen LogP contribution in [0.5, 0.6) is 0 Å². The maximum Gasteiger partial charge on any atom is 0.0992 e. The molecule has 0 spiro atoms. The smallest absolute Gasteiger partial charge is 0.0992 e. The number of nitrogens with zero attached hydrogens (tertiary/aromatic N) is 1. The molecule has 17 heavy (non-hydrogen) atoms. The fourth-order valence-corrected chi connectivity index (χ4v) is 2.22. The monoisotopic (exact) mass is 295 g/mol. The standard InChI is InChI=1S/C12H14BrN3O/c13-11-5-9(6-14)1-2-12(11)16-8-10-7-15-3-4-17-10/h1-2,5,10,15-16H,3-4,7-8H2. The van der Waals surface area contributed by atoms with Crippen LogP contribution in [0.1, 0.15) is 5.56 Å². The van der Waals surface area contributed by atoms with Crippen molar-refractivity contribution in [3.05, 3.63) is 28.2 Å². The summed E-state index contributed by atoms with van der Waals surface area (Å²) in [6.45, 7) is 3.33. The van der Waals surface area contributed by atoms with Crippen molar-refractivity contribution in [1.82, 2.24) is 5.32 Å². The van der Waals surface area contributed by atoms with Gasteiger partial charge in [-0.1, -0.05) is 0 Å². The summed E-state index contributed by atoms with van der Waals surface area (Å²) in [6, 6.07) is 7.62. The quantitative estimate of drug-likeness (QED) is 0.892. The van der Waals surface area contributed by atoms with Gasteiger partial charge in [-0.2, -0.15) is 5.26 Å². The lowest BCUT2D eigenvalue weighted by Gasteiger charge is -2.24. The van der Waals surface area contributed by atoms with Crippen molar-refractivity contribution in [3.63, 3.8) is 0 Å². The van der Waals surface area contributed by atoms with Crippen molar-refractivity contribution in [3.8, 4) is 6.07 Å². The van der Waals surface area contributed by atoms with Gasteiger partial charge in [0.1, 0.15) is 0 Å². The van der Waals surface area contributed by atoms with E-state index in [0.29, 0.717) is 5.56 Å². The SMILES string of the molecule is N#Cc1ccc(NCC2CNCCO2)c(Br)c1. The van der Waals surface area contributed by atoms with Crippen LogP contribution in [0.3, 0.4) is 0 Å². The first-order valence-corrected chi connectivity index (χ1v) is 6.35. The van der Waals surface area contributed by atoms with Crippen molar-refractivity contribution in [2.75, 3.05) is 31.6 Å². The number of nitrogens with one attached hydrogen (secondary N) is 2. The van der Waals surface area contributed by atoms with E-state index < -0.39 is 0 Å². The molecule has 2 N–H and O–H groups in total. The summed E-state index contributed by atoms with van der Waals surface area (Å²) in [7, 11) is 0. The molecule has 1 unspecified atom stereocenters. The van der Waals surface area contributed by atoms with E-state index in [9.17, 15) is 0 Å². The van der Waals surface area contributed by atoms with Crippen LogP contribution in [-0.4, -0.2) is 32.3 Å². The number of benzene rings is 1. The molecule has 0 aliphatic carbocycles. The lowest BCUT2D eigenvalue weighted by molar-refractivity contribution is 0.0372. The molecule has 0 saturated carbocycles. The minimum Gasteiger partial charge on any atom is -0.381 e. The largest absolute Gasteiger partial charge is 0.381 e. The minimum absolute atomic E-state index is 0.200. The van der Waals surface area contributed by atoms with Gasteiger partial charge in [-0.05, 0) is 34.1 Å². The molecule has 90 valence electrons. The Bertz CT molecular complexity index is 424. The van der Waals surface area contributed by atoms with Gasteiger partial charge in [0.2, 0.25) is 0 Å². The topological polar surface area (TPSA) is 57.1 Å². The fraction of sp³-hybridized carbons (Fsp3) is 0.417. The van der Waals surface area contributed by atoms with Crippen molar-refractivity contribution in [1.29, 1.82) is 5.26 Å². The Labute approximate surface area is 109 Å². The van der Waals surface area contributed by atoms with Gasteiger partial charge in [0, 0.05) is 29.8 Å². The maximum atomic E-state index is 8.77. The van der Waals surface area contributed by atoms with E-state index in [1.165, 1.54) is 0 Å². The van der Waals surface area contributed by atoms with E-state index in [4.69, 9.17) is 10.00 Å². The van der Waals surface area contributed by atoms with E-state index in [1.807, 2.05) is 12.1 Å². The number of ether oxygens (including phenoxy) is 1. The van der Waals surface area contributed by atoms with Gasteiger partial charge < -0.3 is 15.4 Å². The van der Waals surface area contributed by atoms with E-state index in [-0.39, 0.29) is 6.10 Å². The average Bonchev–Trinajstić information content (AvgIpc) is 2.38. The Kier molecular flexibility index (Phi) is 4.37. The molecule has 0 radical (unpaired) electrons. The lowest BCUT2D eigenvalue weighted by Crippen LogP contribution is -2.42. The fourth-order valence-electron chi connectivity index (χ4n) is 1.70. The second-order valence-electron chi connectivity index (χ2n) is 3.88. The molecular formula is C12H14BrN3O. The minimum atomic E-state index is 0.200. The number of anilines is 1. The maximum absolute atomic E-state index is 8.77. The van der Waals surface area contributed by atoms with Crippen LogP contribution in [0.15, 0.2) is 22.7 Å². The van der Waals surface area contributed by atoms with Crippen molar-refractivity contribution >= 4 is 21.6 Å². The number of morpholine rings is 1. The number of hydrogen-bond acceptors (Lipinski definition) is 4. The van der Waals surface area contributed by atoms with E-state index in [2.05, 4.69) is 32.6 Å². The van der Waals surface area contributed by atoms with Crippen LogP contribution in [0, 0.1) is 11.3 Å². The number of halogens is 1. The number of nitriles is 1. The first-order chi connectivity index (χ1) is 8.29. The lowest BCUT2D eigenvalue weighted by atomic mass is 10.2. The summed E-state index contributed by atoms with van der Waals surface area (Å²) >= 11 is 3.44. The summed E-state index contributed by atoms with van der Waals surface area (Å²) in [6.07, 6.45) is 0.200. The number of hydrogen-bond donors (Lipinski definition) is 2. The Morgan fingerprint density at radius 1 is 1.59 bits per heavy atom. The highest BCUT2D eigenvalue weighted by molar-refractivity contribution is 9.10. The van der Waals surface area contributed by atoms with Crippen LogP contribution in [0.25, 0.3) is 0 Å². The predicted octanol–water partition coefficient (Wildman–Crippen LogP) is 1.72. The molecule has 1 aromatic rings. The summed E-state index contributed by atoms with van der Waals surface area (Å²) in [4.78, 5) is 0. The van der Waals surface area contributed by atoms with Crippen molar-refractivity contribution < 1.29 is 4.74 Å². The number of rotatable bonds is 3. The zero-order valence-corrected chi connectivity index (χ0v) is 11.0. The van der Waals surface area contributed by atoms with Crippen LogP contribution in [0.2, 0.25) is 0 Å². The third-order valence-electron chi connectivity index (χ3n) is 2.62. The molecule has 5 heteroatoms. The molecule has 1 fully saturated rings. The molecule has 2 rings (SSSR count). The first-order valence-electron chi connectivity index (χ1n) is 5.55.